The minimum Gasteiger partial charge on any atom is -0.480 e. The number of carboxylic acids is 1. The molecule has 9 heteroatoms. The van der Waals surface area contributed by atoms with E-state index >= 15 is 0 Å². The van der Waals surface area contributed by atoms with Crippen LogP contribution in [0.1, 0.15) is 13.3 Å². The molecular weight excluding hydrogens is 284 g/mol. The van der Waals surface area contributed by atoms with Crippen molar-refractivity contribution in [3.63, 3.8) is 0 Å². The van der Waals surface area contributed by atoms with E-state index in [0.29, 0.717) is 17.5 Å². The van der Waals surface area contributed by atoms with Gasteiger partial charge in [0.1, 0.15) is 10.6 Å². The van der Waals surface area contributed by atoms with Crippen molar-refractivity contribution >= 4 is 28.8 Å². The second-order valence-electron chi connectivity index (χ2n) is 4.05. The average Bonchev–Trinajstić information content (AvgIpc) is 2.80. The number of rotatable bonds is 6. The summed E-state index contributed by atoms with van der Waals surface area (Å²) in [7, 11) is 0. The molecule has 2 heterocycles. The molecule has 0 saturated carbocycles. The lowest BCUT2D eigenvalue weighted by atomic mass is 10.3. The highest BCUT2D eigenvalue weighted by Gasteiger charge is 2.19. The minimum atomic E-state index is -0.955. The molecule has 2 aromatic heterocycles. The van der Waals surface area contributed by atoms with Crippen LogP contribution in [-0.4, -0.2) is 47.8 Å². The van der Waals surface area contributed by atoms with Crippen LogP contribution in [0.5, 0.6) is 0 Å². The standard InChI is InChI=1S/C11H14N4O4S/c1-2-7(10(18)19)20-11-13-8-6(9(17)14-11)5-12-15(8)3-4-16/h5,7,16H,2-4H2,1H3,(H,18,19)(H,13,14,17)/t7-/m0/s1. The molecular formula is C11H14N4O4S. The zero-order valence-corrected chi connectivity index (χ0v) is 11.6. The van der Waals surface area contributed by atoms with Crippen molar-refractivity contribution in [1.82, 2.24) is 19.7 Å². The molecule has 0 spiro atoms. The first-order valence-electron chi connectivity index (χ1n) is 6.03. The first kappa shape index (κ1) is 14.5. The second kappa shape index (κ2) is 6.06. The monoisotopic (exact) mass is 298 g/mol. The summed E-state index contributed by atoms with van der Waals surface area (Å²) in [4.78, 5) is 29.7. The van der Waals surface area contributed by atoms with E-state index in [0.717, 1.165) is 11.8 Å². The first-order valence-corrected chi connectivity index (χ1v) is 6.91. The molecule has 2 aromatic rings. The second-order valence-corrected chi connectivity index (χ2v) is 5.24. The lowest BCUT2D eigenvalue weighted by Crippen LogP contribution is -2.17. The van der Waals surface area contributed by atoms with E-state index in [9.17, 15) is 9.59 Å². The smallest absolute Gasteiger partial charge is 0.317 e. The number of aliphatic hydroxyl groups excluding tert-OH is 1. The summed E-state index contributed by atoms with van der Waals surface area (Å²) in [6, 6.07) is 0. The molecule has 0 amide bonds. The molecule has 108 valence electrons. The Labute approximate surface area is 117 Å². The predicted molar refractivity (Wildman–Crippen MR) is 72.8 cm³/mol. The van der Waals surface area contributed by atoms with Crippen LogP contribution in [0.3, 0.4) is 0 Å². The molecule has 2 rings (SSSR count). The molecule has 3 N–H and O–H groups in total. The van der Waals surface area contributed by atoms with Crippen molar-refractivity contribution in [3.8, 4) is 0 Å². The van der Waals surface area contributed by atoms with Crippen LogP contribution in [0, 0.1) is 0 Å². The minimum absolute atomic E-state index is 0.125. The van der Waals surface area contributed by atoms with E-state index in [1.807, 2.05) is 0 Å². The van der Waals surface area contributed by atoms with Gasteiger partial charge >= 0.3 is 5.97 Å². The lowest BCUT2D eigenvalue weighted by Gasteiger charge is -2.08. The molecule has 0 radical (unpaired) electrons. The first-order chi connectivity index (χ1) is 9.56. The lowest BCUT2D eigenvalue weighted by molar-refractivity contribution is -0.136. The van der Waals surface area contributed by atoms with Crippen LogP contribution >= 0.6 is 11.8 Å². The SMILES string of the molecule is CC[C@H](Sc1nc2c(cnn2CCO)c(=O)[nH]1)C(=O)O. The highest BCUT2D eigenvalue weighted by Crippen LogP contribution is 2.22. The molecule has 0 fully saturated rings. The van der Waals surface area contributed by atoms with E-state index in [1.54, 1.807) is 6.92 Å². The van der Waals surface area contributed by atoms with E-state index < -0.39 is 11.2 Å². The Morgan fingerprint density at radius 1 is 1.60 bits per heavy atom. The summed E-state index contributed by atoms with van der Waals surface area (Å²) in [5.41, 5.74) is -0.0347. The summed E-state index contributed by atoms with van der Waals surface area (Å²) in [6.45, 7) is 1.85. The number of nitrogens with one attached hydrogen (secondary N) is 1. The number of aromatic nitrogens is 4. The third kappa shape index (κ3) is 2.83. The number of carbonyl (C=O) groups is 1. The van der Waals surface area contributed by atoms with Crippen molar-refractivity contribution in [2.24, 2.45) is 0 Å². The maximum atomic E-state index is 11.9. The number of aliphatic carboxylic acids is 1. The number of aromatic amines is 1. The van der Waals surface area contributed by atoms with Gasteiger partial charge in [0.2, 0.25) is 0 Å². The highest BCUT2D eigenvalue weighted by atomic mass is 32.2. The van der Waals surface area contributed by atoms with Gasteiger partial charge in [-0.05, 0) is 6.42 Å². The molecule has 0 unspecified atom stereocenters. The van der Waals surface area contributed by atoms with Crippen molar-refractivity contribution in [2.75, 3.05) is 6.61 Å². The van der Waals surface area contributed by atoms with Gasteiger partial charge in [-0.2, -0.15) is 5.10 Å². The van der Waals surface area contributed by atoms with Gasteiger partial charge in [-0.1, -0.05) is 18.7 Å². The molecule has 0 saturated heterocycles. The van der Waals surface area contributed by atoms with E-state index in [4.69, 9.17) is 10.2 Å². The van der Waals surface area contributed by atoms with Crippen molar-refractivity contribution in [3.05, 3.63) is 16.6 Å². The van der Waals surface area contributed by atoms with Gasteiger partial charge in [0.05, 0.1) is 19.3 Å². The van der Waals surface area contributed by atoms with Crippen LogP contribution < -0.4 is 5.56 Å². The number of fused-ring (bicyclic) bond motifs is 1. The van der Waals surface area contributed by atoms with Crippen LogP contribution in [-0.2, 0) is 11.3 Å². The summed E-state index contributed by atoms with van der Waals surface area (Å²) in [5.74, 6) is -0.955. The number of aliphatic hydroxyl groups is 1. The van der Waals surface area contributed by atoms with E-state index in [-0.39, 0.29) is 23.9 Å². The zero-order chi connectivity index (χ0) is 14.7. The van der Waals surface area contributed by atoms with Gasteiger partial charge in [-0.3, -0.25) is 9.59 Å². The third-order valence-electron chi connectivity index (χ3n) is 2.70. The molecule has 1 atom stereocenters. The van der Waals surface area contributed by atoms with Gasteiger partial charge in [0, 0.05) is 0 Å². The summed E-state index contributed by atoms with van der Waals surface area (Å²) >= 11 is 0.986. The summed E-state index contributed by atoms with van der Waals surface area (Å²) in [6.07, 6.45) is 1.79. The van der Waals surface area contributed by atoms with Gasteiger partial charge in [0.15, 0.2) is 10.8 Å². The van der Waals surface area contributed by atoms with Gasteiger partial charge < -0.3 is 15.2 Å². The Hall–Kier alpha value is -1.87. The van der Waals surface area contributed by atoms with Crippen molar-refractivity contribution < 1.29 is 15.0 Å². The van der Waals surface area contributed by atoms with Crippen LogP contribution in [0.25, 0.3) is 11.0 Å². The summed E-state index contributed by atoms with van der Waals surface area (Å²) in [5, 5.41) is 21.8. The van der Waals surface area contributed by atoms with Crippen LogP contribution in [0.4, 0.5) is 0 Å². The number of carboxylic acid groups (broad SMARTS) is 1. The van der Waals surface area contributed by atoms with Gasteiger partial charge in [-0.15, -0.1) is 0 Å². The molecule has 0 aromatic carbocycles. The molecule has 0 bridgehead atoms. The maximum absolute atomic E-state index is 11.9. The Morgan fingerprint density at radius 3 is 2.95 bits per heavy atom. The fourth-order valence-electron chi connectivity index (χ4n) is 1.70. The van der Waals surface area contributed by atoms with Gasteiger partial charge in [0.25, 0.3) is 5.56 Å². The van der Waals surface area contributed by atoms with E-state index in [2.05, 4.69) is 15.1 Å². The normalized spacial score (nSPS) is 12.7. The summed E-state index contributed by atoms with van der Waals surface area (Å²) < 4.78 is 1.41. The zero-order valence-electron chi connectivity index (χ0n) is 10.7. The Morgan fingerprint density at radius 2 is 2.35 bits per heavy atom. The van der Waals surface area contributed by atoms with Crippen LogP contribution in [0.2, 0.25) is 0 Å². The van der Waals surface area contributed by atoms with Crippen LogP contribution in [0.15, 0.2) is 16.1 Å². The number of hydrogen-bond donors (Lipinski definition) is 3. The molecule has 0 aliphatic heterocycles. The largest absolute Gasteiger partial charge is 0.480 e. The Balaban J connectivity index is 2.42. The van der Waals surface area contributed by atoms with Gasteiger partial charge in [-0.25, -0.2) is 9.67 Å². The highest BCUT2D eigenvalue weighted by molar-refractivity contribution is 8.00. The molecule has 0 aliphatic carbocycles. The fraction of sp³-hybridized carbons (Fsp3) is 0.455. The Kier molecular flexibility index (Phi) is 4.40. The molecule has 8 nitrogen and oxygen atoms in total. The quantitative estimate of drug-likeness (QED) is 0.509. The number of hydrogen-bond acceptors (Lipinski definition) is 6. The molecule has 20 heavy (non-hydrogen) atoms. The Bertz CT molecular complexity index is 681. The number of H-pyrrole nitrogens is 1. The average molecular weight is 298 g/mol. The predicted octanol–water partition coefficient (Wildman–Crippen LogP) is 0.0672. The van der Waals surface area contributed by atoms with E-state index in [1.165, 1.54) is 10.9 Å². The molecule has 0 aliphatic rings. The number of nitrogens with zero attached hydrogens (tertiary/aromatic N) is 3. The third-order valence-corrected chi connectivity index (χ3v) is 3.93. The van der Waals surface area contributed by atoms with Crippen molar-refractivity contribution in [1.29, 1.82) is 0 Å². The topological polar surface area (TPSA) is 121 Å². The van der Waals surface area contributed by atoms with Crippen molar-refractivity contribution in [2.45, 2.75) is 30.3 Å². The number of thioether (sulfide) groups is 1. The maximum Gasteiger partial charge on any atom is 0.317 e. The fourth-order valence-corrected chi connectivity index (χ4v) is 2.53.